The summed E-state index contributed by atoms with van der Waals surface area (Å²) in [5.74, 6) is 2.77. The fourth-order valence-electron chi connectivity index (χ4n) is 3.59. The summed E-state index contributed by atoms with van der Waals surface area (Å²) < 4.78 is 3.97. The van der Waals surface area contributed by atoms with Gasteiger partial charge in [0.05, 0.1) is 17.1 Å². The van der Waals surface area contributed by atoms with Crippen LogP contribution in [-0.2, 0) is 13.5 Å². The molecule has 0 atom stereocenters. The van der Waals surface area contributed by atoms with Gasteiger partial charge >= 0.3 is 0 Å². The molecule has 146 valence electrons. The van der Waals surface area contributed by atoms with Crippen molar-refractivity contribution in [2.45, 2.75) is 39.5 Å². The zero-order valence-corrected chi connectivity index (χ0v) is 16.9. The van der Waals surface area contributed by atoms with Crippen LogP contribution in [0.5, 0.6) is 0 Å². The molecule has 1 N–H and O–H groups in total. The standard InChI is InChI=1S/C18H29N9/c1-13-14(2)27-18(19-13)26(23(3)4)12-15(21-27)8-9-16-20-17(22-24(16)5)25-10-6-7-11-25/h12,21H,6-11H2,1-5H3. The van der Waals surface area contributed by atoms with Gasteiger partial charge in [0.1, 0.15) is 5.82 Å². The molecule has 4 rings (SSSR count). The third-order valence-corrected chi connectivity index (χ3v) is 5.35. The molecule has 0 spiro atoms. The van der Waals surface area contributed by atoms with Gasteiger partial charge in [-0.25, -0.2) is 19.7 Å². The first-order chi connectivity index (χ1) is 12.9. The lowest BCUT2D eigenvalue weighted by Crippen LogP contribution is -2.40. The molecular weight excluding hydrogens is 342 g/mol. The van der Waals surface area contributed by atoms with E-state index in [1.165, 1.54) is 12.8 Å². The highest BCUT2D eigenvalue weighted by Gasteiger charge is 2.24. The Morgan fingerprint density at radius 2 is 1.85 bits per heavy atom. The highest BCUT2D eigenvalue weighted by atomic mass is 15.7. The summed E-state index contributed by atoms with van der Waals surface area (Å²) >= 11 is 0. The van der Waals surface area contributed by atoms with E-state index in [0.717, 1.165) is 60.7 Å². The van der Waals surface area contributed by atoms with E-state index in [1.807, 2.05) is 37.8 Å². The number of imidazole rings is 1. The number of nitrogens with zero attached hydrogens (tertiary/aromatic N) is 8. The van der Waals surface area contributed by atoms with Crippen molar-refractivity contribution in [3.63, 3.8) is 0 Å². The normalized spacial score (nSPS) is 16.7. The lowest BCUT2D eigenvalue weighted by molar-refractivity contribution is 0.395. The molecule has 2 aliphatic heterocycles. The summed E-state index contributed by atoms with van der Waals surface area (Å²) in [4.78, 5) is 11.7. The van der Waals surface area contributed by atoms with Gasteiger partial charge in [-0.05, 0) is 33.1 Å². The fourth-order valence-corrected chi connectivity index (χ4v) is 3.59. The van der Waals surface area contributed by atoms with Gasteiger partial charge in [0.25, 0.3) is 0 Å². The number of hydrogen-bond acceptors (Lipinski definition) is 7. The number of hydrazine groups is 1. The molecule has 2 aromatic rings. The van der Waals surface area contributed by atoms with Gasteiger partial charge in [-0.15, -0.1) is 5.10 Å². The summed E-state index contributed by atoms with van der Waals surface area (Å²) in [6.45, 7) is 6.25. The maximum Gasteiger partial charge on any atom is 0.244 e. The average molecular weight is 371 g/mol. The predicted octanol–water partition coefficient (Wildman–Crippen LogP) is 1.54. The first-order valence-electron chi connectivity index (χ1n) is 9.59. The van der Waals surface area contributed by atoms with Crippen molar-refractivity contribution in [2.24, 2.45) is 7.05 Å². The average Bonchev–Trinajstić information content (AvgIpc) is 3.34. The largest absolute Gasteiger partial charge is 0.340 e. The van der Waals surface area contributed by atoms with Crippen molar-refractivity contribution in [3.8, 4) is 0 Å². The van der Waals surface area contributed by atoms with E-state index >= 15 is 0 Å². The first-order valence-corrected chi connectivity index (χ1v) is 9.59. The number of anilines is 2. The second-order valence-electron chi connectivity index (χ2n) is 7.52. The molecule has 2 aromatic heterocycles. The maximum atomic E-state index is 4.78. The number of allylic oxidation sites excluding steroid dienone is 1. The Balaban J connectivity index is 1.50. The molecule has 0 radical (unpaired) electrons. The highest BCUT2D eigenvalue weighted by molar-refractivity contribution is 5.45. The van der Waals surface area contributed by atoms with Crippen molar-refractivity contribution < 1.29 is 0 Å². The smallest absolute Gasteiger partial charge is 0.244 e. The van der Waals surface area contributed by atoms with Crippen molar-refractivity contribution >= 4 is 11.9 Å². The molecule has 1 saturated heterocycles. The molecule has 0 aliphatic carbocycles. The summed E-state index contributed by atoms with van der Waals surface area (Å²) in [5.41, 5.74) is 6.78. The second-order valence-corrected chi connectivity index (χ2v) is 7.52. The van der Waals surface area contributed by atoms with Crippen LogP contribution in [0, 0.1) is 13.8 Å². The molecule has 4 heterocycles. The van der Waals surface area contributed by atoms with Crippen LogP contribution in [-0.4, -0.2) is 56.6 Å². The zero-order chi connectivity index (χ0) is 19.1. The molecule has 0 bridgehead atoms. The molecule has 0 amide bonds. The minimum Gasteiger partial charge on any atom is -0.340 e. The van der Waals surface area contributed by atoms with E-state index in [2.05, 4.69) is 43.2 Å². The number of aromatic nitrogens is 5. The van der Waals surface area contributed by atoms with Gasteiger partial charge in [0.15, 0.2) is 0 Å². The Bertz CT molecular complexity index is 855. The Hall–Kier alpha value is -2.55. The SMILES string of the molecule is Cc1nc2n(c1C)NC(CCc1nc(N3CCCC3)nn1C)=CN2N(C)C. The second kappa shape index (κ2) is 6.88. The van der Waals surface area contributed by atoms with Crippen molar-refractivity contribution in [3.05, 3.63) is 29.1 Å². The third kappa shape index (κ3) is 3.27. The Morgan fingerprint density at radius 1 is 1.11 bits per heavy atom. The summed E-state index contributed by atoms with van der Waals surface area (Å²) in [7, 11) is 6.03. The van der Waals surface area contributed by atoms with Crippen molar-refractivity contribution in [2.75, 3.05) is 42.5 Å². The van der Waals surface area contributed by atoms with Crippen molar-refractivity contribution in [1.82, 2.24) is 29.4 Å². The highest BCUT2D eigenvalue weighted by Crippen LogP contribution is 2.25. The predicted molar refractivity (Wildman–Crippen MR) is 106 cm³/mol. The van der Waals surface area contributed by atoms with Crippen LogP contribution < -0.4 is 15.3 Å². The fraction of sp³-hybridized carbons (Fsp3) is 0.611. The van der Waals surface area contributed by atoms with E-state index in [-0.39, 0.29) is 0 Å². The monoisotopic (exact) mass is 371 g/mol. The van der Waals surface area contributed by atoms with Crippen molar-refractivity contribution in [1.29, 1.82) is 0 Å². The van der Waals surface area contributed by atoms with Gasteiger partial charge in [0, 0.05) is 46.9 Å². The van der Waals surface area contributed by atoms with Crippen LogP contribution in [0.1, 0.15) is 36.5 Å². The van der Waals surface area contributed by atoms with Crippen LogP contribution in [0.2, 0.25) is 0 Å². The van der Waals surface area contributed by atoms with E-state index in [4.69, 9.17) is 4.98 Å². The Morgan fingerprint density at radius 3 is 2.56 bits per heavy atom. The van der Waals surface area contributed by atoms with Gasteiger partial charge < -0.3 is 4.90 Å². The van der Waals surface area contributed by atoms with Crippen LogP contribution in [0.15, 0.2) is 11.9 Å². The van der Waals surface area contributed by atoms with Gasteiger partial charge in [0.2, 0.25) is 11.9 Å². The van der Waals surface area contributed by atoms with E-state index < -0.39 is 0 Å². The number of hydrogen-bond donors (Lipinski definition) is 1. The van der Waals surface area contributed by atoms with Gasteiger partial charge in [-0.2, -0.15) is 4.98 Å². The summed E-state index contributed by atoms with van der Waals surface area (Å²) in [6, 6.07) is 0. The van der Waals surface area contributed by atoms with E-state index in [1.54, 1.807) is 0 Å². The Labute approximate surface area is 160 Å². The minimum absolute atomic E-state index is 0.833. The maximum absolute atomic E-state index is 4.78. The van der Waals surface area contributed by atoms with Gasteiger partial charge in [-0.1, -0.05) is 0 Å². The molecule has 2 aliphatic rings. The molecule has 9 heteroatoms. The van der Waals surface area contributed by atoms with E-state index in [9.17, 15) is 0 Å². The third-order valence-electron chi connectivity index (χ3n) is 5.35. The number of fused-ring (bicyclic) bond motifs is 1. The minimum atomic E-state index is 0.833. The molecule has 9 nitrogen and oxygen atoms in total. The molecular formula is C18H29N9. The van der Waals surface area contributed by atoms with Crippen LogP contribution >= 0.6 is 0 Å². The lowest BCUT2D eigenvalue weighted by Gasteiger charge is -2.32. The first kappa shape index (κ1) is 17.8. The molecule has 0 saturated carbocycles. The quantitative estimate of drug-likeness (QED) is 0.855. The van der Waals surface area contributed by atoms with Gasteiger partial charge in [-0.3, -0.25) is 10.1 Å². The molecule has 0 aromatic carbocycles. The topological polar surface area (TPSA) is 70.3 Å². The lowest BCUT2D eigenvalue weighted by atomic mass is 10.2. The van der Waals surface area contributed by atoms with Crippen LogP contribution in [0.4, 0.5) is 11.9 Å². The zero-order valence-electron chi connectivity index (χ0n) is 16.9. The summed E-state index contributed by atoms with van der Waals surface area (Å²) in [5, 5.41) is 8.71. The summed E-state index contributed by atoms with van der Waals surface area (Å²) in [6.07, 6.45) is 6.26. The van der Waals surface area contributed by atoms with E-state index in [0.29, 0.717) is 0 Å². The Kier molecular flexibility index (Phi) is 4.55. The molecule has 27 heavy (non-hydrogen) atoms. The van der Waals surface area contributed by atoms with Crippen LogP contribution in [0.3, 0.4) is 0 Å². The van der Waals surface area contributed by atoms with Crippen LogP contribution in [0.25, 0.3) is 0 Å². The number of aryl methyl sites for hydroxylation is 3. The number of nitrogens with one attached hydrogen (secondary N) is 1. The molecule has 0 unspecified atom stereocenters. The molecule has 1 fully saturated rings. The number of rotatable bonds is 5.